The minimum atomic E-state index is -0.482. The molecule has 0 saturated heterocycles. The van der Waals surface area contributed by atoms with Gasteiger partial charge in [0, 0.05) is 33.9 Å². The molecule has 5 heteroatoms. The van der Waals surface area contributed by atoms with Crippen molar-refractivity contribution in [2.24, 2.45) is 0 Å². The van der Waals surface area contributed by atoms with E-state index in [0.29, 0.717) is 13.0 Å². The van der Waals surface area contributed by atoms with Crippen LogP contribution in [0.2, 0.25) is 0 Å². The molecule has 0 bridgehead atoms. The molecule has 1 aromatic heterocycles. The van der Waals surface area contributed by atoms with Gasteiger partial charge in [-0.05, 0) is 25.0 Å². The van der Waals surface area contributed by atoms with Crippen molar-refractivity contribution in [1.29, 1.82) is 0 Å². The van der Waals surface area contributed by atoms with E-state index in [0.717, 1.165) is 37.5 Å². The van der Waals surface area contributed by atoms with Gasteiger partial charge in [-0.2, -0.15) is 0 Å². The summed E-state index contributed by atoms with van der Waals surface area (Å²) in [5.41, 5.74) is 1.77. The van der Waals surface area contributed by atoms with Crippen LogP contribution in [0.4, 0.5) is 5.69 Å². The highest BCUT2D eigenvalue weighted by atomic mass is 16.5. The molecule has 0 amide bonds. The van der Waals surface area contributed by atoms with Gasteiger partial charge in [0.25, 0.3) is 0 Å². The number of aliphatic hydroxyl groups is 1. The molecule has 114 valence electrons. The highest BCUT2D eigenvalue weighted by Gasteiger charge is 2.09. The predicted octanol–water partition coefficient (Wildman–Crippen LogP) is 2.01. The second kappa shape index (κ2) is 9.69. The Morgan fingerprint density at radius 1 is 1.20 bits per heavy atom. The number of hydrogen-bond donors (Lipinski definition) is 1. The Morgan fingerprint density at radius 2 is 1.95 bits per heavy atom. The van der Waals surface area contributed by atoms with E-state index < -0.39 is 6.10 Å². The normalized spacial score (nSPS) is 12.4. The molecular formula is C15H26N2O3. The van der Waals surface area contributed by atoms with Gasteiger partial charge in [0.1, 0.15) is 0 Å². The van der Waals surface area contributed by atoms with Crippen LogP contribution in [-0.2, 0) is 9.47 Å². The molecule has 0 radical (unpaired) electrons. The van der Waals surface area contributed by atoms with Crippen LogP contribution in [0.3, 0.4) is 0 Å². The Bertz CT molecular complexity index is 357. The van der Waals surface area contributed by atoms with E-state index in [9.17, 15) is 5.11 Å². The number of rotatable bonds is 10. The summed E-state index contributed by atoms with van der Waals surface area (Å²) in [4.78, 5) is 6.56. The first-order valence-electron chi connectivity index (χ1n) is 7.09. The van der Waals surface area contributed by atoms with Gasteiger partial charge in [-0.3, -0.25) is 4.98 Å². The molecule has 1 atom stereocenters. The lowest BCUT2D eigenvalue weighted by molar-refractivity contribution is 0.169. The van der Waals surface area contributed by atoms with Gasteiger partial charge in [0.15, 0.2) is 0 Å². The average molecular weight is 282 g/mol. The van der Waals surface area contributed by atoms with E-state index in [2.05, 4.69) is 9.88 Å². The van der Waals surface area contributed by atoms with Crippen LogP contribution in [0, 0.1) is 0 Å². The summed E-state index contributed by atoms with van der Waals surface area (Å²) in [6.07, 6.45) is 2.97. The molecule has 0 saturated carbocycles. The summed E-state index contributed by atoms with van der Waals surface area (Å²) in [6.45, 7) is 5.07. The topological polar surface area (TPSA) is 54.8 Å². The molecule has 0 fully saturated rings. The van der Waals surface area contributed by atoms with Crippen molar-refractivity contribution in [3.05, 3.63) is 24.0 Å². The molecule has 5 nitrogen and oxygen atoms in total. The first kappa shape index (κ1) is 16.9. The summed E-state index contributed by atoms with van der Waals surface area (Å²) in [6, 6.07) is 3.89. The molecule has 1 rings (SSSR count). The van der Waals surface area contributed by atoms with Crippen molar-refractivity contribution in [1.82, 2.24) is 4.98 Å². The third-order valence-electron chi connectivity index (χ3n) is 3.21. The quantitative estimate of drug-likeness (QED) is 0.665. The minimum absolute atomic E-state index is 0.482. The zero-order chi connectivity index (χ0) is 14.8. The van der Waals surface area contributed by atoms with Crippen LogP contribution in [-0.4, -0.2) is 50.6 Å². The number of hydrogen-bond acceptors (Lipinski definition) is 5. The standard InChI is InChI=1S/C15H26N2O3/c1-4-15(18)14-7-6-13(12-16-14)17(9-11-20-3)8-5-10-19-2/h6-7,12,15,18H,4-5,8-11H2,1-3H3. The number of methoxy groups -OCH3 is 2. The molecule has 1 N–H and O–H groups in total. The van der Waals surface area contributed by atoms with Crippen LogP contribution in [0.1, 0.15) is 31.6 Å². The monoisotopic (exact) mass is 282 g/mol. The van der Waals surface area contributed by atoms with Crippen molar-refractivity contribution in [3.8, 4) is 0 Å². The molecule has 0 spiro atoms. The second-order valence-electron chi connectivity index (χ2n) is 4.69. The lowest BCUT2D eigenvalue weighted by Gasteiger charge is -2.24. The average Bonchev–Trinajstić information content (AvgIpc) is 2.50. The summed E-state index contributed by atoms with van der Waals surface area (Å²) in [7, 11) is 3.41. The Balaban J connectivity index is 2.68. The van der Waals surface area contributed by atoms with Crippen LogP contribution in [0.5, 0.6) is 0 Å². The maximum absolute atomic E-state index is 9.76. The summed E-state index contributed by atoms with van der Waals surface area (Å²) in [5.74, 6) is 0. The number of nitrogens with zero attached hydrogens (tertiary/aromatic N) is 2. The fourth-order valence-electron chi connectivity index (χ4n) is 1.96. The first-order valence-corrected chi connectivity index (χ1v) is 7.09. The molecule has 0 aliphatic rings. The number of aromatic nitrogens is 1. The fraction of sp³-hybridized carbons (Fsp3) is 0.667. The van der Waals surface area contributed by atoms with Crippen molar-refractivity contribution >= 4 is 5.69 Å². The number of aliphatic hydroxyl groups excluding tert-OH is 1. The van der Waals surface area contributed by atoms with E-state index in [-0.39, 0.29) is 0 Å². The van der Waals surface area contributed by atoms with E-state index in [1.807, 2.05) is 25.3 Å². The third-order valence-corrected chi connectivity index (χ3v) is 3.21. The lowest BCUT2D eigenvalue weighted by atomic mass is 10.2. The minimum Gasteiger partial charge on any atom is -0.387 e. The maximum atomic E-state index is 9.76. The van der Waals surface area contributed by atoms with Crippen LogP contribution in [0.25, 0.3) is 0 Å². The summed E-state index contributed by atoms with van der Waals surface area (Å²) < 4.78 is 10.2. The largest absolute Gasteiger partial charge is 0.387 e. The zero-order valence-corrected chi connectivity index (χ0v) is 12.7. The van der Waals surface area contributed by atoms with Gasteiger partial charge in [-0.25, -0.2) is 0 Å². The molecular weight excluding hydrogens is 256 g/mol. The summed E-state index contributed by atoms with van der Waals surface area (Å²) in [5, 5.41) is 9.76. The second-order valence-corrected chi connectivity index (χ2v) is 4.69. The van der Waals surface area contributed by atoms with Gasteiger partial charge >= 0.3 is 0 Å². The molecule has 0 aromatic carbocycles. The van der Waals surface area contributed by atoms with Gasteiger partial charge in [0.2, 0.25) is 0 Å². The number of anilines is 1. The van der Waals surface area contributed by atoms with Gasteiger partial charge in [-0.1, -0.05) is 6.92 Å². The smallest absolute Gasteiger partial charge is 0.0957 e. The molecule has 1 aromatic rings. The van der Waals surface area contributed by atoms with Gasteiger partial charge < -0.3 is 19.5 Å². The van der Waals surface area contributed by atoms with Crippen molar-refractivity contribution in [2.45, 2.75) is 25.9 Å². The Labute approximate surface area is 121 Å². The zero-order valence-electron chi connectivity index (χ0n) is 12.7. The molecule has 0 aliphatic carbocycles. The van der Waals surface area contributed by atoms with Crippen molar-refractivity contribution < 1.29 is 14.6 Å². The van der Waals surface area contributed by atoms with Gasteiger partial charge in [-0.15, -0.1) is 0 Å². The lowest BCUT2D eigenvalue weighted by Crippen LogP contribution is -2.29. The molecule has 0 aliphatic heterocycles. The molecule has 1 unspecified atom stereocenters. The Kier molecular flexibility index (Phi) is 8.18. The van der Waals surface area contributed by atoms with E-state index in [4.69, 9.17) is 9.47 Å². The highest BCUT2D eigenvalue weighted by Crippen LogP contribution is 2.18. The SMILES string of the molecule is CCC(O)c1ccc(N(CCCOC)CCOC)cn1. The van der Waals surface area contributed by atoms with E-state index in [1.54, 1.807) is 14.2 Å². The Hall–Kier alpha value is -1.17. The third kappa shape index (κ3) is 5.45. The van der Waals surface area contributed by atoms with E-state index in [1.165, 1.54) is 0 Å². The fourth-order valence-corrected chi connectivity index (χ4v) is 1.96. The predicted molar refractivity (Wildman–Crippen MR) is 80.1 cm³/mol. The van der Waals surface area contributed by atoms with Crippen LogP contribution < -0.4 is 4.90 Å². The molecule has 20 heavy (non-hydrogen) atoms. The van der Waals surface area contributed by atoms with Crippen LogP contribution in [0.15, 0.2) is 18.3 Å². The van der Waals surface area contributed by atoms with E-state index >= 15 is 0 Å². The van der Waals surface area contributed by atoms with Crippen LogP contribution >= 0.6 is 0 Å². The summed E-state index contributed by atoms with van der Waals surface area (Å²) >= 11 is 0. The van der Waals surface area contributed by atoms with Crippen molar-refractivity contribution in [2.75, 3.05) is 45.4 Å². The van der Waals surface area contributed by atoms with Gasteiger partial charge in [0.05, 0.1) is 30.3 Å². The van der Waals surface area contributed by atoms with Crippen molar-refractivity contribution in [3.63, 3.8) is 0 Å². The first-order chi connectivity index (χ1) is 9.72. The maximum Gasteiger partial charge on any atom is 0.0957 e. The molecule has 1 heterocycles. The highest BCUT2D eigenvalue weighted by molar-refractivity contribution is 5.44. The Morgan fingerprint density at radius 3 is 2.50 bits per heavy atom. The number of ether oxygens (including phenoxy) is 2. The number of pyridine rings is 1.